The number of unbranched alkanes of at least 4 members (excludes halogenated alkanes) is 1. The van der Waals surface area contributed by atoms with Gasteiger partial charge in [-0.25, -0.2) is 0 Å². The average Bonchev–Trinajstić information content (AvgIpc) is 2.41. The van der Waals surface area contributed by atoms with Crippen LogP contribution in [-0.4, -0.2) is 17.6 Å². The number of aromatic amines is 1. The van der Waals surface area contributed by atoms with Crippen LogP contribution >= 0.6 is 0 Å². The van der Waals surface area contributed by atoms with Crippen molar-refractivity contribution in [1.82, 2.24) is 4.98 Å². The van der Waals surface area contributed by atoms with Crippen molar-refractivity contribution in [3.8, 4) is 11.5 Å². The zero-order chi connectivity index (χ0) is 15.4. The molecule has 0 saturated carbocycles. The van der Waals surface area contributed by atoms with Crippen molar-refractivity contribution in [3.63, 3.8) is 0 Å². The third kappa shape index (κ3) is 3.34. The Hall–Kier alpha value is -2.50. The Morgan fingerprint density at radius 1 is 1.33 bits per heavy atom. The van der Waals surface area contributed by atoms with Crippen LogP contribution < -0.4 is 20.8 Å². The van der Waals surface area contributed by atoms with Crippen LogP contribution in [0.15, 0.2) is 23.0 Å². The molecule has 3 N–H and O–H groups in total. The summed E-state index contributed by atoms with van der Waals surface area (Å²) in [6, 6.07) is 5.07. The number of esters is 1. The smallest absolute Gasteiger partial charge is 0.308 e. The molecule has 0 bridgehead atoms. The standard InChI is InChI=1S/C15H18N2O4/c1-3-4-7-20-13-11-6-5-10(16)8-12(11)17-15(19)14(13)21-9(2)18/h5-6,8H,3-4,7,16H2,1-2H3,(H,17,19). The fourth-order valence-corrected chi connectivity index (χ4v) is 1.97. The van der Waals surface area contributed by atoms with Crippen LogP contribution in [0.4, 0.5) is 5.69 Å². The summed E-state index contributed by atoms with van der Waals surface area (Å²) in [5.41, 5.74) is 6.27. The topological polar surface area (TPSA) is 94.4 Å². The molecule has 1 aromatic heterocycles. The van der Waals surface area contributed by atoms with Gasteiger partial charge >= 0.3 is 5.97 Å². The minimum atomic E-state index is -0.573. The molecule has 0 aliphatic rings. The second-order valence-electron chi connectivity index (χ2n) is 4.71. The number of pyridine rings is 1. The van der Waals surface area contributed by atoms with E-state index in [4.69, 9.17) is 15.2 Å². The van der Waals surface area contributed by atoms with Gasteiger partial charge in [0, 0.05) is 18.0 Å². The van der Waals surface area contributed by atoms with Crippen molar-refractivity contribution in [2.24, 2.45) is 0 Å². The summed E-state index contributed by atoms with van der Waals surface area (Å²) in [5.74, 6) is -0.413. The van der Waals surface area contributed by atoms with E-state index in [2.05, 4.69) is 4.98 Å². The van der Waals surface area contributed by atoms with Crippen LogP contribution in [-0.2, 0) is 4.79 Å². The van der Waals surface area contributed by atoms with Crippen molar-refractivity contribution in [2.45, 2.75) is 26.7 Å². The van der Waals surface area contributed by atoms with Crippen molar-refractivity contribution < 1.29 is 14.3 Å². The fourth-order valence-electron chi connectivity index (χ4n) is 1.97. The SMILES string of the molecule is CCCCOc1c(OC(C)=O)c(=O)[nH]c2cc(N)ccc12. The fraction of sp³-hybridized carbons (Fsp3) is 0.333. The number of nitrogens with one attached hydrogen (secondary N) is 1. The number of carbonyl (C=O) groups excluding carboxylic acids is 1. The highest BCUT2D eigenvalue weighted by molar-refractivity contribution is 5.90. The van der Waals surface area contributed by atoms with Crippen LogP contribution in [0, 0.1) is 0 Å². The Labute approximate surface area is 121 Å². The normalized spacial score (nSPS) is 10.6. The predicted octanol–water partition coefficient (Wildman–Crippen LogP) is 2.21. The van der Waals surface area contributed by atoms with E-state index in [9.17, 15) is 9.59 Å². The third-order valence-corrected chi connectivity index (χ3v) is 2.94. The molecule has 0 aliphatic carbocycles. The molecule has 0 aliphatic heterocycles. The van der Waals surface area contributed by atoms with Gasteiger partial charge in [0.15, 0.2) is 5.75 Å². The number of ether oxygens (including phenoxy) is 2. The molecule has 0 spiro atoms. The summed E-state index contributed by atoms with van der Waals surface area (Å²) in [5, 5.41) is 0.649. The van der Waals surface area contributed by atoms with E-state index < -0.39 is 11.5 Å². The summed E-state index contributed by atoms with van der Waals surface area (Å²) >= 11 is 0. The molecule has 0 amide bonds. The molecular weight excluding hydrogens is 272 g/mol. The highest BCUT2D eigenvalue weighted by Crippen LogP contribution is 2.32. The zero-order valence-electron chi connectivity index (χ0n) is 12.1. The maximum absolute atomic E-state index is 12.1. The van der Waals surface area contributed by atoms with Crippen LogP contribution in [0.2, 0.25) is 0 Å². The van der Waals surface area contributed by atoms with Crippen LogP contribution in [0.5, 0.6) is 11.5 Å². The Kier molecular flexibility index (Phi) is 4.47. The Morgan fingerprint density at radius 3 is 2.76 bits per heavy atom. The number of fused-ring (bicyclic) bond motifs is 1. The summed E-state index contributed by atoms with van der Waals surface area (Å²) in [6.45, 7) is 3.71. The second kappa shape index (κ2) is 6.30. The zero-order valence-corrected chi connectivity index (χ0v) is 12.1. The Balaban J connectivity index is 2.60. The Bertz CT molecular complexity index is 721. The van der Waals surface area contributed by atoms with E-state index in [1.165, 1.54) is 6.92 Å². The van der Waals surface area contributed by atoms with Crippen molar-refractivity contribution in [3.05, 3.63) is 28.6 Å². The first-order valence-corrected chi connectivity index (χ1v) is 6.79. The first-order chi connectivity index (χ1) is 10.0. The third-order valence-electron chi connectivity index (χ3n) is 2.94. The van der Waals surface area contributed by atoms with Gasteiger partial charge in [0.1, 0.15) is 0 Å². The van der Waals surface area contributed by atoms with Crippen LogP contribution in [0.1, 0.15) is 26.7 Å². The predicted molar refractivity (Wildman–Crippen MR) is 80.7 cm³/mol. The summed E-state index contributed by atoms with van der Waals surface area (Å²) < 4.78 is 10.7. The molecule has 0 saturated heterocycles. The Morgan fingerprint density at radius 2 is 2.10 bits per heavy atom. The number of benzene rings is 1. The molecule has 0 fully saturated rings. The molecule has 6 nitrogen and oxygen atoms in total. The minimum Gasteiger partial charge on any atom is -0.489 e. The number of carbonyl (C=O) groups is 1. The van der Waals surface area contributed by atoms with E-state index in [0.717, 1.165) is 12.8 Å². The highest BCUT2D eigenvalue weighted by atomic mass is 16.6. The van der Waals surface area contributed by atoms with Gasteiger partial charge < -0.3 is 20.2 Å². The molecule has 2 rings (SSSR count). The van der Waals surface area contributed by atoms with E-state index in [-0.39, 0.29) is 11.5 Å². The highest BCUT2D eigenvalue weighted by Gasteiger charge is 2.17. The minimum absolute atomic E-state index is 0.115. The van der Waals surface area contributed by atoms with Gasteiger partial charge in [0.2, 0.25) is 5.75 Å². The van der Waals surface area contributed by atoms with Gasteiger partial charge in [-0.15, -0.1) is 0 Å². The van der Waals surface area contributed by atoms with E-state index in [0.29, 0.717) is 23.2 Å². The van der Waals surface area contributed by atoms with E-state index in [1.807, 2.05) is 6.92 Å². The summed E-state index contributed by atoms with van der Waals surface area (Å²) in [7, 11) is 0. The quantitative estimate of drug-likeness (QED) is 0.500. The molecule has 112 valence electrons. The van der Waals surface area contributed by atoms with Crippen molar-refractivity contribution >= 4 is 22.6 Å². The number of nitrogens with two attached hydrogens (primary N) is 1. The number of aromatic nitrogens is 1. The molecule has 21 heavy (non-hydrogen) atoms. The van der Waals surface area contributed by atoms with Crippen LogP contribution in [0.25, 0.3) is 10.9 Å². The van der Waals surface area contributed by atoms with Crippen molar-refractivity contribution in [2.75, 3.05) is 12.3 Å². The number of rotatable bonds is 5. The number of H-pyrrole nitrogens is 1. The molecule has 0 unspecified atom stereocenters. The first-order valence-electron chi connectivity index (χ1n) is 6.79. The van der Waals surface area contributed by atoms with Gasteiger partial charge in [0.25, 0.3) is 5.56 Å². The summed E-state index contributed by atoms with van der Waals surface area (Å²) in [6.07, 6.45) is 1.79. The molecule has 2 aromatic rings. The maximum Gasteiger partial charge on any atom is 0.308 e. The average molecular weight is 290 g/mol. The van der Waals surface area contributed by atoms with Gasteiger partial charge in [-0.1, -0.05) is 13.3 Å². The van der Waals surface area contributed by atoms with Gasteiger partial charge in [-0.05, 0) is 24.6 Å². The second-order valence-corrected chi connectivity index (χ2v) is 4.71. The van der Waals surface area contributed by atoms with Gasteiger partial charge in [-0.2, -0.15) is 0 Å². The first kappa shape index (κ1) is 14.9. The monoisotopic (exact) mass is 290 g/mol. The number of anilines is 1. The van der Waals surface area contributed by atoms with E-state index >= 15 is 0 Å². The maximum atomic E-state index is 12.1. The molecule has 1 heterocycles. The van der Waals surface area contributed by atoms with Gasteiger partial charge in [-0.3, -0.25) is 9.59 Å². The lowest BCUT2D eigenvalue weighted by Gasteiger charge is -2.13. The molecule has 0 radical (unpaired) electrons. The van der Waals surface area contributed by atoms with Gasteiger partial charge in [0.05, 0.1) is 12.1 Å². The van der Waals surface area contributed by atoms with E-state index in [1.54, 1.807) is 18.2 Å². The van der Waals surface area contributed by atoms with Crippen LogP contribution in [0.3, 0.4) is 0 Å². The lowest BCUT2D eigenvalue weighted by atomic mass is 10.1. The number of nitrogen functional groups attached to an aromatic ring is 1. The lowest BCUT2D eigenvalue weighted by Crippen LogP contribution is -2.16. The summed E-state index contributed by atoms with van der Waals surface area (Å²) in [4.78, 5) is 25.9. The van der Waals surface area contributed by atoms with Crippen molar-refractivity contribution in [1.29, 1.82) is 0 Å². The molecule has 6 heteroatoms. The largest absolute Gasteiger partial charge is 0.489 e. The lowest BCUT2D eigenvalue weighted by molar-refractivity contribution is -0.132. The number of hydrogen-bond donors (Lipinski definition) is 2. The molecular formula is C15H18N2O4. The molecule has 0 atom stereocenters. The number of hydrogen-bond acceptors (Lipinski definition) is 5. The molecule has 1 aromatic carbocycles.